The summed E-state index contributed by atoms with van der Waals surface area (Å²) in [5.74, 6) is 1.03. The van der Waals surface area contributed by atoms with E-state index in [1.807, 2.05) is 29.2 Å². The third-order valence-electron chi connectivity index (χ3n) is 4.95. The lowest BCUT2D eigenvalue weighted by Gasteiger charge is -2.40. The fourth-order valence-corrected chi connectivity index (χ4v) is 3.54. The molecule has 1 saturated heterocycles. The quantitative estimate of drug-likeness (QED) is 0.822. The molecule has 0 spiro atoms. The van der Waals surface area contributed by atoms with Crippen molar-refractivity contribution in [2.75, 3.05) is 20.2 Å². The van der Waals surface area contributed by atoms with E-state index in [4.69, 9.17) is 10.5 Å². The monoisotopic (exact) mass is 347 g/mol. The van der Waals surface area contributed by atoms with E-state index in [1.165, 1.54) is 6.92 Å². The number of hydrogen-bond acceptors (Lipinski definition) is 4. The van der Waals surface area contributed by atoms with Crippen LogP contribution in [0.4, 0.5) is 0 Å². The first kappa shape index (κ1) is 19.2. The summed E-state index contributed by atoms with van der Waals surface area (Å²) in [5.41, 5.74) is 6.79. The summed E-state index contributed by atoms with van der Waals surface area (Å²) in [7, 11) is 1.61. The molecule has 1 fully saturated rings. The van der Waals surface area contributed by atoms with Gasteiger partial charge in [-0.1, -0.05) is 19.1 Å². The van der Waals surface area contributed by atoms with Crippen molar-refractivity contribution in [2.45, 2.75) is 45.2 Å². The highest BCUT2D eigenvalue weighted by Crippen LogP contribution is 2.26. The van der Waals surface area contributed by atoms with Crippen LogP contribution in [0.1, 0.15) is 44.7 Å². The van der Waals surface area contributed by atoms with E-state index in [-0.39, 0.29) is 30.3 Å². The van der Waals surface area contributed by atoms with Crippen molar-refractivity contribution in [2.24, 2.45) is 11.7 Å². The van der Waals surface area contributed by atoms with Gasteiger partial charge in [0, 0.05) is 26.1 Å². The highest BCUT2D eigenvalue weighted by molar-refractivity contribution is 5.79. The van der Waals surface area contributed by atoms with Crippen molar-refractivity contribution in [3.8, 4) is 5.75 Å². The van der Waals surface area contributed by atoms with Crippen LogP contribution in [0, 0.1) is 5.92 Å². The number of nitrogens with two attached hydrogens (primary N) is 1. The molecule has 6 heteroatoms. The predicted molar refractivity (Wildman–Crippen MR) is 97.1 cm³/mol. The summed E-state index contributed by atoms with van der Waals surface area (Å²) < 4.78 is 5.17. The molecule has 2 rings (SSSR count). The van der Waals surface area contributed by atoms with Gasteiger partial charge in [0.25, 0.3) is 0 Å². The summed E-state index contributed by atoms with van der Waals surface area (Å²) >= 11 is 0. The van der Waals surface area contributed by atoms with Gasteiger partial charge in [-0.2, -0.15) is 0 Å². The Morgan fingerprint density at radius 3 is 2.60 bits per heavy atom. The molecule has 3 unspecified atom stereocenters. The zero-order valence-electron chi connectivity index (χ0n) is 15.3. The minimum Gasteiger partial charge on any atom is -0.497 e. The highest BCUT2D eigenvalue weighted by atomic mass is 16.5. The molecular formula is C19H29N3O3. The second kappa shape index (κ2) is 8.85. The average molecular weight is 347 g/mol. The van der Waals surface area contributed by atoms with Crippen LogP contribution in [0.2, 0.25) is 0 Å². The number of benzene rings is 1. The van der Waals surface area contributed by atoms with Gasteiger partial charge in [-0.3, -0.25) is 9.59 Å². The zero-order valence-corrected chi connectivity index (χ0v) is 15.3. The van der Waals surface area contributed by atoms with Crippen LogP contribution in [-0.4, -0.2) is 43.0 Å². The Morgan fingerprint density at radius 2 is 2.04 bits per heavy atom. The fraction of sp³-hybridized carbons (Fsp3) is 0.579. The van der Waals surface area contributed by atoms with E-state index in [9.17, 15) is 9.59 Å². The molecule has 0 aromatic heterocycles. The second-order valence-electron chi connectivity index (χ2n) is 6.74. The number of nitrogens with one attached hydrogen (secondary N) is 1. The molecule has 3 atom stereocenters. The van der Waals surface area contributed by atoms with Crippen molar-refractivity contribution in [3.05, 3.63) is 29.8 Å². The third kappa shape index (κ3) is 4.95. The summed E-state index contributed by atoms with van der Waals surface area (Å²) in [4.78, 5) is 26.4. The molecule has 1 aromatic carbocycles. The Hall–Kier alpha value is -2.08. The van der Waals surface area contributed by atoms with Gasteiger partial charge in [-0.05, 0) is 36.5 Å². The van der Waals surface area contributed by atoms with Gasteiger partial charge in [0.15, 0.2) is 0 Å². The summed E-state index contributed by atoms with van der Waals surface area (Å²) in [5, 5.41) is 2.89. The van der Waals surface area contributed by atoms with Gasteiger partial charge in [0.1, 0.15) is 5.75 Å². The van der Waals surface area contributed by atoms with Gasteiger partial charge in [-0.25, -0.2) is 0 Å². The maximum Gasteiger partial charge on any atom is 0.225 e. The molecule has 1 aliphatic heterocycles. The lowest BCUT2D eigenvalue weighted by atomic mass is 9.90. The van der Waals surface area contributed by atoms with Gasteiger partial charge in [-0.15, -0.1) is 0 Å². The molecule has 138 valence electrons. The summed E-state index contributed by atoms with van der Waals surface area (Å²) in [6, 6.07) is 7.15. The summed E-state index contributed by atoms with van der Waals surface area (Å²) in [6.07, 6.45) is 2.32. The molecule has 0 saturated carbocycles. The SMILES string of the molecule is COc1ccc(C(CC(=O)N2CCCC(C)C2CN)NC(C)=O)cc1. The number of ether oxygens (including phenoxy) is 1. The fourth-order valence-electron chi connectivity index (χ4n) is 3.54. The maximum absolute atomic E-state index is 12.9. The largest absolute Gasteiger partial charge is 0.497 e. The number of rotatable bonds is 6. The summed E-state index contributed by atoms with van der Waals surface area (Å²) in [6.45, 7) is 4.82. The third-order valence-corrected chi connectivity index (χ3v) is 4.95. The van der Waals surface area contributed by atoms with Crippen LogP contribution in [0.3, 0.4) is 0 Å². The maximum atomic E-state index is 12.9. The smallest absolute Gasteiger partial charge is 0.225 e. The zero-order chi connectivity index (χ0) is 18.4. The van der Waals surface area contributed by atoms with E-state index < -0.39 is 0 Å². The Bertz CT molecular complexity index is 588. The van der Waals surface area contributed by atoms with Crippen molar-refractivity contribution < 1.29 is 14.3 Å². The van der Waals surface area contributed by atoms with Crippen LogP contribution in [-0.2, 0) is 9.59 Å². The van der Waals surface area contributed by atoms with E-state index in [1.54, 1.807) is 7.11 Å². The first-order valence-corrected chi connectivity index (χ1v) is 8.86. The number of nitrogens with zero attached hydrogens (tertiary/aromatic N) is 1. The Morgan fingerprint density at radius 1 is 1.36 bits per heavy atom. The lowest BCUT2D eigenvalue weighted by Crippen LogP contribution is -2.52. The number of hydrogen-bond donors (Lipinski definition) is 2. The Balaban J connectivity index is 2.14. The topological polar surface area (TPSA) is 84.7 Å². The van der Waals surface area contributed by atoms with Crippen LogP contribution >= 0.6 is 0 Å². The van der Waals surface area contributed by atoms with Gasteiger partial charge < -0.3 is 20.7 Å². The van der Waals surface area contributed by atoms with Gasteiger partial charge in [0.05, 0.1) is 19.6 Å². The van der Waals surface area contributed by atoms with E-state index >= 15 is 0 Å². The Labute approximate surface area is 149 Å². The number of methoxy groups -OCH3 is 1. The normalized spacial score (nSPS) is 21.5. The van der Waals surface area contributed by atoms with Crippen molar-refractivity contribution in [3.63, 3.8) is 0 Å². The molecule has 1 heterocycles. The molecule has 25 heavy (non-hydrogen) atoms. The molecule has 0 radical (unpaired) electrons. The molecule has 6 nitrogen and oxygen atoms in total. The Kier molecular flexibility index (Phi) is 6.82. The molecule has 0 aliphatic carbocycles. The molecule has 0 bridgehead atoms. The van der Waals surface area contributed by atoms with Crippen LogP contribution < -0.4 is 15.8 Å². The van der Waals surface area contributed by atoms with Crippen LogP contribution in [0.25, 0.3) is 0 Å². The van der Waals surface area contributed by atoms with Gasteiger partial charge >= 0.3 is 0 Å². The number of amides is 2. The number of piperidine rings is 1. The van der Waals surface area contributed by atoms with E-state index in [2.05, 4.69) is 12.2 Å². The standard InChI is InChI=1S/C19H29N3O3/c1-13-5-4-10-22(18(13)12-20)19(24)11-17(21-14(2)23)15-6-8-16(25-3)9-7-15/h6-9,13,17-18H,4-5,10-12,20H2,1-3H3,(H,21,23). The first-order chi connectivity index (χ1) is 12.0. The molecule has 2 amide bonds. The van der Waals surface area contributed by atoms with Gasteiger partial charge in [0.2, 0.25) is 11.8 Å². The van der Waals surface area contributed by atoms with Crippen molar-refractivity contribution >= 4 is 11.8 Å². The highest BCUT2D eigenvalue weighted by Gasteiger charge is 2.32. The molecular weight excluding hydrogens is 318 g/mol. The average Bonchev–Trinajstić information content (AvgIpc) is 2.60. The van der Waals surface area contributed by atoms with Crippen LogP contribution in [0.5, 0.6) is 5.75 Å². The number of carbonyl (C=O) groups is 2. The second-order valence-corrected chi connectivity index (χ2v) is 6.74. The number of likely N-dealkylation sites (tertiary alicyclic amines) is 1. The predicted octanol–water partition coefficient (Wildman–Crippen LogP) is 1.85. The molecule has 1 aromatic rings. The lowest BCUT2D eigenvalue weighted by molar-refractivity contribution is -0.136. The first-order valence-electron chi connectivity index (χ1n) is 8.86. The molecule has 1 aliphatic rings. The minimum atomic E-state index is -0.355. The van der Waals surface area contributed by atoms with E-state index in [0.29, 0.717) is 12.5 Å². The number of carbonyl (C=O) groups excluding carboxylic acids is 2. The molecule has 3 N–H and O–H groups in total. The van der Waals surface area contributed by atoms with Crippen molar-refractivity contribution in [1.29, 1.82) is 0 Å². The minimum absolute atomic E-state index is 0.0385. The van der Waals surface area contributed by atoms with Crippen LogP contribution in [0.15, 0.2) is 24.3 Å². The van der Waals surface area contributed by atoms with E-state index in [0.717, 1.165) is 30.7 Å². The van der Waals surface area contributed by atoms with Crippen molar-refractivity contribution in [1.82, 2.24) is 10.2 Å².